The van der Waals surface area contributed by atoms with Crippen LogP contribution < -0.4 is 0 Å². The van der Waals surface area contributed by atoms with Gasteiger partial charge < -0.3 is 0 Å². The zero-order valence-corrected chi connectivity index (χ0v) is 9.72. The second-order valence-corrected chi connectivity index (χ2v) is 4.31. The predicted molar refractivity (Wildman–Crippen MR) is 56.0 cm³/mol. The van der Waals surface area contributed by atoms with Crippen LogP contribution in [0.25, 0.3) is 5.13 Å². The highest BCUT2D eigenvalue weighted by Gasteiger charge is 2.35. The second kappa shape index (κ2) is 4.44. The summed E-state index contributed by atoms with van der Waals surface area (Å²) in [6.45, 7) is 1.97. The Hall–Kier alpha value is -1.44. The van der Waals surface area contributed by atoms with Crippen molar-refractivity contribution in [3.8, 4) is 5.13 Å². The summed E-state index contributed by atoms with van der Waals surface area (Å²) in [7, 11) is 0. The molecule has 0 amide bonds. The van der Waals surface area contributed by atoms with Crippen molar-refractivity contribution in [3.05, 3.63) is 23.2 Å². The number of alkyl halides is 3. The molecule has 2 aromatic heterocycles. The van der Waals surface area contributed by atoms with Crippen LogP contribution in [0.2, 0.25) is 0 Å². The van der Waals surface area contributed by atoms with Crippen LogP contribution in [0.4, 0.5) is 13.2 Å². The fraction of sp³-hybridized carbons (Fsp3) is 0.444. The summed E-state index contributed by atoms with van der Waals surface area (Å²) in [5, 5.41) is 5.93. The van der Waals surface area contributed by atoms with Crippen LogP contribution in [0.1, 0.15) is 24.2 Å². The van der Waals surface area contributed by atoms with Crippen LogP contribution >= 0.6 is 11.3 Å². The molecule has 8 heteroatoms. The highest BCUT2D eigenvalue weighted by molar-refractivity contribution is 7.13. The number of rotatable bonds is 3. The van der Waals surface area contributed by atoms with Gasteiger partial charge in [0, 0.05) is 18.8 Å². The maximum Gasteiger partial charge on any atom is 0.445 e. The molecule has 2 rings (SSSR count). The molecule has 17 heavy (non-hydrogen) atoms. The molecule has 0 aromatic carbocycles. The van der Waals surface area contributed by atoms with Gasteiger partial charge in [0.15, 0.2) is 0 Å². The van der Waals surface area contributed by atoms with E-state index in [9.17, 15) is 13.2 Å². The number of nitrogens with zero attached hydrogens (tertiary/aromatic N) is 4. The van der Waals surface area contributed by atoms with Gasteiger partial charge in [-0.05, 0) is 6.42 Å². The maximum atomic E-state index is 12.4. The molecule has 0 saturated heterocycles. The van der Waals surface area contributed by atoms with Crippen molar-refractivity contribution in [3.63, 3.8) is 0 Å². The van der Waals surface area contributed by atoms with E-state index in [1.807, 2.05) is 6.92 Å². The molecule has 0 radical (unpaired) electrons. The van der Waals surface area contributed by atoms with E-state index in [1.54, 1.807) is 12.4 Å². The SMILES string of the molecule is CCCc1nccn1-c1nnc(C(F)(F)F)s1. The molecule has 0 aliphatic carbocycles. The van der Waals surface area contributed by atoms with Crippen molar-refractivity contribution in [2.45, 2.75) is 25.9 Å². The van der Waals surface area contributed by atoms with E-state index in [0.29, 0.717) is 23.6 Å². The summed E-state index contributed by atoms with van der Waals surface area (Å²) in [6, 6.07) is 0. The van der Waals surface area contributed by atoms with E-state index < -0.39 is 11.2 Å². The van der Waals surface area contributed by atoms with Crippen molar-refractivity contribution in [2.24, 2.45) is 0 Å². The zero-order chi connectivity index (χ0) is 12.5. The summed E-state index contributed by atoms with van der Waals surface area (Å²) in [5.74, 6) is 0.692. The van der Waals surface area contributed by atoms with Gasteiger partial charge in [-0.3, -0.25) is 4.57 Å². The third kappa shape index (κ3) is 2.46. The van der Waals surface area contributed by atoms with Gasteiger partial charge in [-0.2, -0.15) is 13.2 Å². The number of imidazole rings is 1. The number of aryl methyl sites for hydroxylation is 1. The average Bonchev–Trinajstić information content (AvgIpc) is 2.82. The number of hydrogen-bond donors (Lipinski definition) is 0. The molecule has 4 nitrogen and oxygen atoms in total. The molecule has 0 aliphatic heterocycles. The van der Waals surface area contributed by atoms with Gasteiger partial charge in [0.05, 0.1) is 0 Å². The summed E-state index contributed by atoms with van der Waals surface area (Å²) in [4.78, 5) is 4.07. The normalized spacial score (nSPS) is 12.0. The van der Waals surface area contributed by atoms with Crippen LogP contribution in [0, 0.1) is 0 Å². The van der Waals surface area contributed by atoms with Crippen molar-refractivity contribution in [2.75, 3.05) is 0 Å². The lowest BCUT2D eigenvalue weighted by Crippen LogP contribution is -2.03. The Kier molecular flexibility index (Phi) is 3.14. The standard InChI is InChI=1S/C9H9F3N4S/c1-2-3-6-13-4-5-16(6)8-15-14-7(17-8)9(10,11)12/h4-5H,2-3H2,1H3. The molecule has 0 fully saturated rings. The first-order valence-corrected chi connectivity index (χ1v) is 5.77. The minimum absolute atomic E-state index is 0.193. The maximum absolute atomic E-state index is 12.4. The minimum atomic E-state index is -4.44. The first-order valence-electron chi connectivity index (χ1n) is 4.95. The van der Waals surface area contributed by atoms with Crippen LogP contribution in [-0.4, -0.2) is 19.7 Å². The molecule has 0 aliphatic rings. The Morgan fingerprint density at radius 2 is 2.12 bits per heavy atom. The molecule has 0 saturated carbocycles. The van der Waals surface area contributed by atoms with E-state index in [4.69, 9.17) is 0 Å². The predicted octanol–water partition coefficient (Wildman–Crippen LogP) is 2.70. The topological polar surface area (TPSA) is 43.6 Å². The van der Waals surface area contributed by atoms with E-state index in [1.165, 1.54) is 4.57 Å². The molecule has 2 aromatic rings. The van der Waals surface area contributed by atoms with Gasteiger partial charge in [0.25, 0.3) is 0 Å². The minimum Gasteiger partial charge on any atom is -0.278 e. The monoisotopic (exact) mass is 262 g/mol. The van der Waals surface area contributed by atoms with E-state index >= 15 is 0 Å². The summed E-state index contributed by atoms with van der Waals surface area (Å²) in [5.41, 5.74) is 0. The first-order chi connectivity index (χ1) is 8.02. The largest absolute Gasteiger partial charge is 0.445 e. The van der Waals surface area contributed by atoms with E-state index in [2.05, 4.69) is 15.2 Å². The van der Waals surface area contributed by atoms with Gasteiger partial charge in [-0.1, -0.05) is 18.3 Å². The van der Waals surface area contributed by atoms with Crippen LogP contribution in [-0.2, 0) is 12.6 Å². The van der Waals surface area contributed by atoms with Crippen LogP contribution in [0.5, 0.6) is 0 Å². The quantitative estimate of drug-likeness (QED) is 0.854. The molecule has 0 N–H and O–H groups in total. The van der Waals surface area contributed by atoms with E-state index in [0.717, 1.165) is 6.42 Å². The highest BCUT2D eigenvalue weighted by atomic mass is 32.1. The highest BCUT2D eigenvalue weighted by Crippen LogP contribution is 2.32. The Labute approximate surface area is 99.1 Å². The molecular weight excluding hydrogens is 253 g/mol. The molecular formula is C9H9F3N4S. The summed E-state index contributed by atoms with van der Waals surface area (Å²) >= 11 is 0.513. The zero-order valence-electron chi connectivity index (χ0n) is 8.90. The molecule has 92 valence electrons. The molecule has 2 heterocycles. The first kappa shape index (κ1) is 12.0. The summed E-state index contributed by atoms with van der Waals surface area (Å²) in [6.07, 6.45) is 0.239. The van der Waals surface area contributed by atoms with Gasteiger partial charge in [0.1, 0.15) is 5.82 Å². The van der Waals surface area contributed by atoms with Crippen molar-refractivity contribution in [1.82, 2.24) is 19.7 Å². The third-order valence-electron chi connectivity index (χ3n) is 2.05. The Morgan fingerprint density at radius 3 is 2.71 bits per heavy atom. The summed E-state index contributed by atoms with van der Waals surface area (Å²) < 4.78 is 38.7. The van der Waals surface area contributed by atoms with E-state index in [-0.39, 0.29) is 5.13 Å². The van der Waals surface area contributed by atoms with Gasteiger partial charge in [0.2, 0.25) is 10.1 Å². The molecule has 0 unspecified atom stereocenters. The molecule has 0 spiro atoms. The lowest BCUT2D eigenvalue weighted by molar-refractivity contribution is -0.138. The lowest BCUT2D eigenvalue weighted by atomic mass is 10.3. The lowest BCUT2D eigenvalue weighted by Gasteiger charge is -2.01. The Morgan fingerprint density at radius 1 is 1.35 bits per heavy atom. The van der Waals surface area contributed by atoms with Gasteiger partial charge >= 0.3 is 6.18 Å². The molecule has 0 atom stereocenters. The Balaban J connectivity index is 2.34. The fourth-order valence-corrected chi connectivity index (χ4v) is 2.06. The van der Waals surface area contributed by atoms with Gasteiger partial charge in [-0.15, -0.1) is 10.2 Å². The van der Waals surface area contributed by atoms with Gasteiger partial charge in [-0.25, -0.2) is 4.98 Å². The van der Waals surface area contributed by atoms with Crippen molar-refractivity contribution in [1.29, 1.82) is 0 Å². The van der Waals surface area contributed by atoms with Crippen LogP contribution in [0.3, 0.4) is 0 Å². The number of halogens is 3. The van der Waals surface area contributed by atoms with Crippen LogP contribution in [0.15, 0.2) is 12.4 Å². The smallest absolute Gasteiger partial charge is 0.278 e. The Bertz CT molecular complexity index is 502. The van der Waals surface area contributed by atoms with Crippen molar-refractivity contribution < 1.29 is 13.2 Å². The van der Waals surface area contributed by atoms with Crippen molar-refractivity contribution >= 4 is 11.3 Å². The second-order valence-electron chi connectivity index (χ2n) is 3.35. The average molecular weight is 262 g/mol. The molecule has 0 bridgehead atoms. The fourth-order valence-electron chi connectivity index (χ4n) is 1.34. The number of hydrogen-bond acceptors (Lipinski definition) is 4. The third-order valence-corrected chi connectivity index (χ3v) is 3.02. The number of aromatic nitrogens is 4.